The number of hydrogen-bond acceptors (Lipinski definition) is 6. The summed E-state index contributed by atoms with van der Waals surface area (Å²) in [6.07, 6.45) is -10.2. The van der Waals surface area contributed by atoms with Gasteiger partial charge in [0.15, 0.2) is 11.4 Å². The topological polar surface area (TPSA) is 92.9 Å². The number of nitriles is 1. The number of pyridine rings is 2. The van der Waals surface area contributed by atoms with E-state index in [1.807, 2.05) is 0 Å². The molecular weight excluding hydrogens is 468 g/mol. The molecule has 33 heavy (non-hydrogen) atoms. The molecule has 0 aliphatic rings. The van der Waals surface area contributed by atoms with Crippen molar-refractivity contribution in [3.8, 4) is 17.7 Å². The number of rotatable bonds is 3. The van der Waals surface area contributed by atoms with Gasteiger partial charge in [0.25, 0.3) is 5.89 Å². The standard InChI is InChI=1S/C18H8F8N6O/c1-7(17(21,22)23)10-4-9(16(19,20)18(24,25)26)8-2-3-12-30-13(15-31-28-6-33-15)11(5-27)32(12)14(8)29-10/h2-4,6-7H,1H3. The first-order valence-corrected chi connectivity index (χ1v) is 8.82. The van der Waals surface area contributed by atoms with Crippen LogP contribution in [0, 0.1) is 11.3 Å². The summed E-state index contributed by atoms with van der Waals surface area (Å²) >= 11 is 0. The smallest absolute Gasteiger partial charge is 0.422 e. The van der Waals surface area contributed by atoms with Gasteiger partial charge < -0.3 is 4.42 Å². The van der Waals surface area contributed by atoms with Crippen LogP contribution in [0.3, 0.4) is 0 Å². The van der Waals surface area contributed by atoms with Gasteiger partial charge in [-0.05, 0) is 25.1 Å². The lowest BCUT2D eigenvalue weighted by molar-refractivity contribution is -0.288. The van der Waals surface area contributed by atoms with E-state index in [9.17, 15) is 40.4 Å². The van der Waals surface area contributed by atoms with E-state index in [-0.39, 0.29) is 23.3 Å². The molecule has 0 amide bonds. The molecule has 0 bridgehead atoms. The predicted octanol–water partition coefficient (Wildman–Crippen LogP) is 5.12. The van der Waals surface area contributed by atoms with Gasteiger partial charge in [0.05, 0.1) is 11.6 Å². The first-order valence-electron chi connectivity index (χ1n) is 8.82. The fraction of sp³-hybridized carbons (Fsp3) is 0.278. The zero-order chi connectivity index (χ0) is 24.3. The number of imidazole rings is 1. The summed E-state index contributed by atoms with van der Waals surface area (Å²) < 4.78 is 114. The first-order chi connectivity index (χ1) is 15.3. The molecule has 0 fully saturated rings. The van der Waals surface area contributed by atoms with E-state index < -0.39 is 52.2 Å². The van der Waals surface area contributed by atoms with Crippen molar-refractivity contribution in [2.45, 2.75) is 31.1 Å². The van der Waals surface area contributed by atoms with Crippen molar-refractivity contribution in [3.05, 3.63) is 41.5 Å². The van der Waals surface area contributed by atoms with Crippen LogP contribution in [0.4, 0.5) is 35.1 Å². The summed E-state index contributed by atoms with van der Waals surface area (Å²) in [7, 11) is 0. The van der Waals surface area contributed by atoms with Crippen molar-refractivity contribution in [3.63, 3.8) is 0 Å². The van der Waals surface area contributed by atoms with Gasteiger partial charge in [0.1, 0.15) is 17.4 Å². The van der Waals surface area contributed by atoms with Gasteiger partial charge in [0.2, 0.25) is 6.39 Å². The maximum atomic E-state index is 14.4. The lowest BCUT2D eigenvalue weighted by Crippen LogP contribution is -2.34. The number of aromatic nitrogens is 5. The zero-order valence-corrected chi connectivity index (χ0v) is 16.0. The number of nitrogens with zero attached hydrogens (tertiary/aromatic N) is 6. The second-order valence-corrected chi connectivity index (χ2v) is 6.86. The van der Waals surface area contributed by atoms with Crippen LogP contribution in [0.1, 0.15) is 29.8 Å². The average Bonchev–Trinajstić information content (AvgIpc) is 3.37. The van der Waals surface area contributed by atoms with Gasteiger partial charge in [-0.15, -0.1) is 10.2 Å². The highest BCUT2D eigenvalue weighted by molar-refractivity contribution is 5.85. The van der Waals surface area contributed by atoms with E-state index in [1.54, 1.807) is 6.07 Å². The van der Waals surface area contributed by atoms with E-state index in [0.717, 1.165) is 22.9 Å². The Bertz CT molecular complexity index is 1400. The SMILES string of the molecule is CC(c1cc(C(F)(F)C(F)(F)F)c2ccc3nc(-c4nnco4)c(C#N)n3c2n1)C(F)(F)F. The van der Waals surface area contributed by atoms with E-state index in [0.29, 0.717) is 6.92 Å². The summed E-state index contributed by atoms with van der Waals surface area (Å²) in [6, 6.07) is 3.55. The van der Waals surface area contributed by atoms with Crippen molar-refractivity contribution in [2.75, 3.05) is 0 Å². The minimum absolute atomic E-state index is 0.0711. The van der Waals surface area contributed by atoms with Crippen molar-refractivity contribution in [1.82, 2.24) is 24.6 Å². The molecular formula is C18H8F8N6O. The largest absolute Gasteiger partial charge is 0.458 e. The molecule has 1 atom stereocenters. The van der Waals surface area contributed by atoms with Crippen molar-refractivity contribution in [2.24, 2.45) is 0 Å². The third-order valence-corrected chi connectivity index (χ3v) is 4.87. The molecule has 0 saturated carbocycles. The fourth-order valence-corrected chi connectivity index (χ4v) is 3.15. The van der Waals surface area contributed by atoms with E-state index in [2.05, 4.69) is 20.2 Å². The molecule has 0 aromatic carbocycles. The second-order valence-electron chi connectivity index (χ2n) is 6.86. The number of fused-ring (bicyclic) bond motifs is 3. The van der Waals surface area contributed by atoms with Gasteiger partial charge in [0, 0.05) is 10.9 Å². The maximum absolute atomic E-state index is 14.4. The summed E-state index contributed by atoms with van der Waals surface area (Å²) in [5, 5.41) is 15.7. The molecule has 172 valence electrons. The third-order valence-electron chi connectivity index (χ3n) is 4.87. The lowest BCUT2D eigenvalue weighted by atomic mass is 9.98. The van der Waals surface area contributed by atoms with Crippen LogP contribution in [-0.4, -0.2) is 36.9 Å². The van der Waals surface area contributed by atoms with Crippen LogP contribution in [-0.2, 0) is 5.92 Å². The monoisotopic (exact) mass is 476 g/mol. The third kappa shape index (κ3) is 3.41. The van der Waals surface area contributed by atoms with E-state index in [4.69, 9.17) is 4.42 Å². The molecule has 1 unspecified atom stereocenters. The fourth-order valence-electron chi connectivity index (χ4n) is 3.15. The first kappa shape index (κ1) is 22.4. The van der Waals surface area contributed by atoms with Gasteiger partial charge in [-0.1, -0.05) is 0 Å². The van der Waals surface area contributed by atoms with Gasteiger partial charge in [-0.25, -0.2) is 9.97 Å². The minimum atomic E-state index is -6.11. The summed E-state index contributed by atoms with van der Waals surface area (Å²) in [6.45, 7) is 0.562. The summed E-state index contributed by atoms with van der Waals surface area (Å²) in [5.74, 6) is -8.31. The van der Waals surface area contributed by atoms with Crippen LogP contribution in [0.2, 0.25) is 0 Å². The average molecular weight is 476 g/mol. The highest BCUT2D eigenvalue weighted by atomic mass is 19.4. The van der Waals surface area contributed by atoms with E-state index >= 15 is 0 Å². The van der Waals surface area contributed by atoms with Crippen molar-refractivity contribution in [1.29, 1.82) is 5.26 Å². The van der Waals surface area contributed by atoms with Crippen LogP contribution >= 0.6 is 0 Å². The molecule has 0 aliphatic carbocycles. The summed E-state index contributed by atoms with van der Waals surface area (Å²) in [4.78, 5) is 7.73. The number of alkyl halides is 8. The molecule has 7 nitrogen and oxygen atoms in total. The van der Waals surface area contributed by atoms with Crippen LogP contribution in [0.5, 0.6) is 0 Å². The highest BCUT2D eigenvalue weighted by Crippen LogP contribution is 2.47. The zero-order valence-electron chi connectivity index (χ0n) is 16.0. The molecule has 4 rings (SSSR count). The van der Waals surface area contributed by atoms with Crippen molar-refractivity contribution < 1.29 is 39.5 Å². The normalized spacial score (nSPS) is 14.1. The van der Waals surface area contributed by atoms with Gasteiger partial charge in [-0.2, -0.15) is 40.4 Å². The molecule has 15 heteroatoms. The van der Waals surface area contributed by atoms with Gasteiger partial charge in [-0.3, -0.25) is 4.40 Å². The van der Waals surface area contributed by atoms with Crippen LogP contribution in [0.15, 0.2) is 29.0 Å². The van der Waals surface area contributed by atoms with Crippen molar-refractivity contribution >= 4 is 16.7 Å². The van der Waals surface area contributed by atoms with Crippen LogP contribution in [0.25, 0.3) is 28.3 Å². The van der Waals surface area contributed by atoms with Crippen LogP contribution < -0.4 is 0 Å². The number of hydrogen-bond donors (Lipinski definition) is 0. The lowest BCUT2D eigenvalue weighted by Gasteiger charge is -2.24. The quantitative estimate of drug-likeness (QED) is 0.381. The number of halogens is 8. The molecule has 4 aromatic heterocycles. The molecule has 4 heterocycles. The molecule has 0 N–H and O–H groups in total. The molecule has 0 radical (unpaired) electrons. The Balaban J connectivity index is 2.17. The maximum Gasteiger partial charge on any atom is 0.458 e. The second kappa shape index (κ2) is 7.09. The van der Waals surface area contributed by atoms with E-state index in [1.165, 1.54) is 0 Å². The Kier molecular flexibility index (Phi) is 4.80. The Morgan fingerprint density at radius 2 is 1.76 bits per heavy atom. The highest BCUT2D eigenvalue weighted by Gasteiger charge is 2.59. The van der Waals surface area contributed by atoms with Gasteiger partial charge >= 0.3 is 18.3 Å². The Hall–Kier alpha value is -3.83. The summed E-state index contributed by atoms with van der Waals surface area (Å²) in [5.41, 5.74) is -4.51. The Morgan fingerprint density at radius 3 is 2.30 bits per heavy atom. The molecule has 0 aliphatic heterocycles. The molecule has 0 spiro atoms. The Morgan fingerprint density at radius 1 is 1.06 bits per heavy atom. The Labute approximate surface area is 177 Å². The molecule has 4 aromatic rings. The predicted molar refractivity (Wildman–Crippen MR) is 92.9 cm³/mol. The minimum Gasteiger partial charge on any atom is -0.422 e. The molecule has 0 saturated heterocycles.